The zero-order valence-corrected chi connectivity index (χ0v) is 18.3. The number of nitrogens with one attached hydrogen (secondary N) is 2. The summed E-state index contributed by atoms with van der Waals surface area (Å²) >= 11 is 1.69. The van der Waals surface area contributed by atoms with Gasteiger partial charge in [0.1, 0.15) is 5.82 Å². The number of carbonyl (C=O) groups excluding carboxylic acids is 1. The van der Waals surface area contributed by atoms with Crippen LogP contribution in [0.15, 0.2) is 46.3 Å². The Morgan fingerprint density at radius 1 is 1.07 bits per heavy atom. The molecule has 1 amide bonds. The molecule has 0 spiro atoms. The van der Waals surface area contributed by atoms with Crippen LogP contribution >= 0.6 is 11.8 Å². The number of nitrogens with zero attached hydrogens (tertiary/aromatic N) is 2. The quantitative estimate of drug-likeness (QED) is 0.769. The number of aromatic nitrogens is 1. The first-order valence-corrected chi connectivity index (χ1v) is 11.8. The Balaban J connectivity index is 1.19. The molecule has 0 saturated carbocycles. The topological polar surface area (TPSA) is 60.6 Å². The third-order valence-corrected chi connectivity index (χ3v) is 7.78. The molecule has 0 radical (unpaired) electrons. The second-order valence-electron chi connectivity index (χ2n) is 8.55. The van der Waals surface area contributed by atoms with Gasteiger partial charge in [0.2, 0.25) is 0 Å². The fraction of sp³-hybridized carbons (Fsp3) is 0.522. The van der Waals surface area contributed by atoms with Gasteiger partial charge >= 0.3 is 0 Å². The molecule has 1 aromatic heterocycles. The van der Waals surface area contributed by atoms with E-state index in [0.29, 0.717) is 12.0 Å². The molecule has 7 heteroatoms. The highest BCUT2D eigenvalue weighted by Gasteiger charge is 2.40. The van der Waals surface area contributed by atoms with E-state index in [-0.39, 0.29) is 11.9 Å². The minimum Gasteiger partial charge on any atom is -0.378 e. The number of anilines is 1. The van der Waals surface area contributed by atoms with Crippen LogP contribution in [0.2, 0.25) is 0 Å². The third kappa shape index (κ3) is 4.11. The van der Waals surface area contributed by atoms with Crippen molar-refractivity contribution in [3.05, 3.63) is 42.0 Å². The number of amides is 1. The van der Waals surface area contributed by atoms with Gasteiger partial charge in [-0.05, 0) is 75.2 Å². The van der Waals surface area contributed by atoms with Crippen LogP contribution in [-0.4, -0.2) is 67.3 Å². The van der Waals surface area contributed by atoms with Gasteiger partial charge in [-0.1, -0.05) is 11.8 Å². The van der Waals surface area contributed by atoms with Gasteiger partial charge in [-0.2, -0.15) is 0 Å². The number of ether oxygens (including phenoxy) is 1. The maximum Gasteiger partial charge on any atom is 0.251 e. The molecular weight excluding hydrogens is 396 g/mol. The summed E-state index contributed by atoms with van der Waals surface area (Å²) in [6, 6.07) is 12.9. The summed E-state index contributed by atoms with van der Waals surface area (Å²) < 4.78 is 5.43. The molecule has 5 heterocycles. The molecular formula is C23H30N4O2S. The van der Waals surface area contributed by atoms with Crippen molar-refractivity contribution < 1.29 is 9.53 Å². The number of H-pyrrole nitrogens is 1. The van der Waals surface area contributed by atoms with E-state index in [1.807, 2.05) is 24.3 Å². The summed E-state index contributed by atoms with van der Waals surface area (Å²) in [5, 5.41) is 4.42. The molecule has 4 aliphatic rings. The fourth-order valence-electron chi connectivity index (χ4n) is 4.99. The molecule has 4 fully saturated rings. The summed E-state index contributed by atoms with van der Waals surface area (Å²) in [5.74, 6) is 1.81. The second kappa shape index (κ2) is 8.65. The Morgan fingerprint density at radius 2 is 1.80 bits per heavy atom. The average Bonchev–Trinajstić information content (AvgIpc) is 3.26. The van der Waals surface area contributed by atoms with Crippen LogP contribution in [0, 0.1) is 5.92 Å². The van der Waals surface area contributed by atoms with E-state index in [4.69, 9.17) is 4.74 Å². The van der Waals surface area contributed by atoms with Crippen LogP contribution < -0.4 is 10.2 Å². The number of fused-ring (bicyclic) bond motifs is 3. The van der Waals surface area contributed by atoms with Gasteiger partial charge in [0, 0.05) is 35.6 Å². The van der Waals surface area contributed by atoms with E-state index in [9.17, 15) is 4.79 Å². The molecule has 2 bridgehead atoms. The molecule has 6 nitrogen and oxygen atoms in total. The van der Waals surface area contributed by atoms with Crippen molar-refractivity contribution in [2.75, 3.05) is 44.3 Å². The third-order valence-electron chi connectivity index (χ3n) is 6.82. The molecule has 4 aliphatic heterocycles. The molecule has 0 aliphatic carbocycles. The van der Waals surface area contributed by atoms with E-state index < -0.39 is 0 Å². The van der Waals surface area contributed by atoms with Crippen molar-refractivity contribution in [2.45, 2.75) is 41.8 Å². The maximum atomic E-state index is 12.8. The lowest BCUT2D eigenvalue weighted by atomic mass is 9.79. The number of aromatic amines is 1. The Hall–Kier alpha value is -1.96. The van der Waals surface area contributed by atoms with Crippen molar-refractivity contribution in [3.63, 3.8) is 0 Å². The molecule has 160 valence electrons. The summed E-state index contributed by atoms with van der Waals surface area (Å²) in [5.41, 5.74) is 0.739. The smallest absolute Gasteiger partial charge is 0.251 e. The zero-order chi connectivity index (χ0) is 20.5. The van der Waals surface area contributed by atoms with E-state index in [1.54, 1.807) is 11.8 Å². The lowest BCUT2D eigenvalue weighted by Crippen LogP contribution is -2.62. The maximum absolute atomic E-state index is 12.8. The summed E-state index contributed by atoms with van der Waals surface area (Å²) in [7, 11) is 0. The van der Waals surface area contributed by atoms with Crippen LogP contribution in [0.25, 0.3) is 0 Å². The number of carbonyl (C=O) groups is 1. The van der Waals surface area contributed by atoms with Gasteiger partial charge in [0.05, 0.1) is 18.2 Å². The average molecular weight is 427 g/mol. The van der Waals surface area contributed by atoms with Crippen molar-refractivity contribution in [3.8, 4) is 0 Å². The zero-order valence-electron chi connectivity index (χ0n) is 17.5. The Bertz CT molecular complexity index is 868. The number of benzene rings is 1. The van der Waals surface area contributed by atoms with Crippen molar-refractivity contribution in [1.82, 2.24) is 15.2 Å². The van der Waals surface area contributed by atoms with E-state index in [0.717, 1.165) is 47.6 Å². The normalized spacial score (nSPS) is 28.5. The number of rotatable bonds is 5. The van der Waals surface area contributed by atoms with Crippen LogP contribution in [0.5, 0.6) is 0 Å². The highest BCUT2D eigenvalue weighted by molar-refractivity contribution is 7.99. The van der Waals surface area contributed by atoms with Crippen LogP contribution in [0.4, 0.5) is 5.82 Å². The number of hydrogen-bond donors (Lipinski definition) is 2. The van der Waals surface area contributed by atoms with Gasteiger partial charge in [0.25, 0.3) is 5.91 Å². The lowest BCUT2D eigenvalue weighted by molar-refractivity contribution is 0.0217. The SMILES string of the molecule is CC1[C@H](NC(=O)c2ccc(Sc3ccc(N4CCOCC4)[nH]3)cc2)C2CCN1CC2. The van der Waals surface area contributed by atoms with Gasteiger partial charge in [-0.25, -0.2) is 0 Å². The number of morpholine rings is 1. The van der Waals surface area contributed by atoms with Gasteiger partial charge < -0.3 is 19.9 Å². The second-order valence-corrected chi connectivity index (χ2v) is 9.66. The van der Waals surface area contributed by atoms with E-state index >= 15 is 0 Å². The lowest BCUT2D eigenvalue weighted by Gasteiger charge is -2.49. The Labute approximate surface area is 182 Å². The van der Waals surface area contributed by atoms with Gasteiger partial charge in [0.15, 0.2) is 0 Å². The van der Waals surface area contributed by atoms with Crippen molar-refractivity contribution >= 4 is 23.5 Å². The molecule has 6 rings (SSSR count). The first-order valence-electron chi connectivity index (χ1n) is 11.0. The molecule has 2 aromatic rings. The molecule has 4 saturated heterocycles. The predicted molar refractivity (Wildman–Crippen MR) is 119 cm³/mol. The first-order chi connectivity index (χ1) is 14.7. The van der Waals surface area contributed by atoms with E-state index in [1.165, 1.54) is 25.9 Å². The van der Waals surface area contributed by atoms with Crippen LogP contribution in [0.1, 0.15) is 30.1 Å². The van der Waals surface area contributed by atoms with Gasteiger partial charge in [-0.15, -0.1) is 0 Å². The standard InChI is InChI=1S/C23H30N4O2S/c1-16-22(17-8-10-26(16)11-9-17)25-23(28)18-2-4-19(5-3-18)30-21-7-6-20(24-21)27-12-14-29-15-13-27/h2-7,16-17,22,24H,8-15H2,1H3,(H,25,28)/t16?,22-/m0/s1. The van der Waals surface area contributed by atoms with Crippen LogP contribution in [-0.2, 0) is 4.74 Å². The fourth-order valence-corrected chi connectivity index (χ4v) is 5.81. The highest BCUT2D eigenvalue weighted by Crippen LogP contribution is 2.33. The minimum atomic E-state index is 0.0478. The van der Waals surface area contributed by atoms with E-state index in [2.05, 4.69) is 39.2 Å². The van der Waals surface area contributed by atoms with Crippen molar-refractivity contribution in [2.24, 2.45) is 5.92 Å². The molecule has 2 N–H and O–H groups in total. The monoisotopic (exact) mass is 426 g/mol. The summed E-state index contributed by atoms with van der Waals surface area (Å²) in [6.45, 7) is 8.01. The minimum absolute atomic E-state index is 0.0478. The number of hydrogen-bond acceptors (Lipinski definition) is 5. The Kier molecular flexibility index (Phi) is 5.76. The summed E-state index contributed by atoms with van der Waals surface area (Å²) in [6.07, 6.45) is 2.40. The molecule has 1 aromatic carbocycles. The molecule has 2 atom stereocenters. The van der Waals surface area contributed by atoms with Crippen molar-refractivity contribution in [1.29, 1.82) is 0 Å². The van der Waals surface area contributed by atoms with Gasteiger partial charge in [-0.3, -0.25) is 9.69 Å². The largest absolute Gasteiger partial charge is 0.378 e. The van der Waals surface area contributed by atoms with Crippen LogP contribution in [0.3, 0.4) is 0 Å². The Morgan fingerprint density at radius 3 is 2.50 bits per heavy atom. The predicted octanol–water partition coefficient (Wildman–Crippen LogP) is 3.22. The highest BCUT2D eigenvalue weighted by atomic mass is 32.2. The molecule has 30 heavy (non-hydrogen) atoms. The summed E-state index contributed by atoms with van der Waals surface area (Å²) in [4.78, 5) is 22.3. The molecule has 1 unspecified atom stereocenters. The number of piperidine rings is 3. The first kappa shape index (κ1) is 20.0.